The van der Waals surface area contributed by atoms with Crippen LogP contribution >= 0.6 is 0 Å². The SMILES string of the molecule is CCC1CCCC(OCCCCNC)C1. The highest BCUT2D eigenvalue weighted by Gasteiger charge is 2.20. The van der Waals surface area contributed by atoms with E-state index >= 15 is 0 Å². The van der Waals surface area contributed by atoms with Crippen LogP contribution in [-0.4, -0.2) is 26.3 Å². The third-order valence-electron chi connectivity index (χ3n) is 3.49. The minimum atomic E-state index is 0.568. The molecule has 1 saturated carbocycles. The Kier molecular flexibility index (Phi) is 7.03. The Balaban J connectivity index is 2.00. The van der Waals surface area contributed by atoms with Crippen LogP contribution in [0.5, 0.6) is 0 Å². The molecule has 0 heterocycles. The second-order valence-corrected chi connectivity index (χ2v) is 4.74. The largest absolute Gasteiger partial charge is 0.378 e. The molecule has 0 aliphatic heterocycles. The van der Waals surface area contributed by atoms with Crippen molar-refractivity contribution < 1.29 is 4.74 Å². The summed E-state index contributed by atoms with van der Waals surface area (Å²) in [6, 6.07) is 0. The summed E-state index contributed by atoms with van der Waals surface area (Å²) in [4.78, 5) is 0. The molecule has 15 heavy (non-hydrogen) atoms. The van der Waals surface area contributed by atoms with E-state index in [0.29, 0.717) is 6.10 Å². The summed E-state index contributed by atoms with van der Waals surface area (Å²) in [5.74, 6) is 0.932. The summed E-state index contributed by atoms with van der Waals surface area (Å²) in [7, 11) is 2.01. The molecule has 1 aliphatic carbocycles. The number of unbranched alkanes of at least 4 members (excludes halogenated alkanes) is 1. The Bertz CT molecular complexity index is 149. The number of hydrogen-bond donors (Lipinski definition) is 1. The second-order valence-electron chi connectivity index (χ2n) is 4.74. The lowest BCUT2D eigenvalue weighted by molar-refractivity contribution is 0.0109. The topological polar surface area (TPSA) is 21.3 Å². The maximum atomic E-state index is 5.93. The number of rotatable bonds is 7. The first-order valence-electron chi connectivity index (χ1n) is 6.63. The summed E-state index contributed by atoms with van der Waals surface area (Å²) in [5, 5.41) is 3.17. The summed E-state index contributed by atoms with van der Waals surface area (Å²) < 4.78 is 5.93. The molecule has 0 radical (unpaired) electrons. The fraction of sp³-hybridized carbons (Fsp3) is 1.00. The van der Waals surface area contributed by atoms with Crippen LogP contribution in [0.4, 0.5) is 0 Å². The van der Waals surface area contributed by atoms with E-state index in [-0.39, 0.29) is 0 Å². The molecular weight excluding hydrogens is 186 g/mol. The maximum Gasteiger partial charge on any atom is 0.0577 e. The van der Waals surface area contributed by atoms with E-state index in [0.717, 1.165) is 19.1 Å². The standard InChI is InChI=1S/C13H27NO/c1-3-12-7-6-8-13(11-12)15-10-5-4-9-14-2/h12-14H,3-11H2,1-2H3. The van der Waals surface area contributed by atoms with Crippen molar-refractivity contribution in [1.82, 2.24) is 5.32 Å². The van der Waals surface area contributed by atoms with Crippen LogP contribution in [-0.2, 0) is 4.74 Å². The molecule has 0 aromatic heterocycles. The van der Waals surface area contributed by atoms with Gasteiger partial charge in [0.25, 0.3) is 0 Å². The molecule has 0 aromatic carbocycles. The van der Waals surface area contributed by atoms with Gasteiger partial charge < -0.3 is 10.1 Å². The Morgan fingerprint density at radius 1 is 1.27 bits per heavy atom. The van der Waals surface area contributed by atoms with Crippen LogP contribution < -0.4 is 5.32 Å². The maximum absolute atomic E-state index is 5.93. The molecule has 1 N–H and O–H groups in total. The smallest absolute Gasteiger partial charge is 0.0577 e. The molecule has 2 nitrogen and oxygen atoms in total. The minimum absolute atomic E-state index is 0.568. The predicted octanol–water partition coefficient (Wildman–Crippen LogP) is 2.97. The molecule has 0 amide bonds. The van der Waals surface area contributed by atoms with E-state index < -0.39 is 0 Å². The van der Waals surface area contributed by atoms with Crippen LogP contribution in [0.1, 0.15) is 51.9 Å². The molecule has 2 atom stereocenters. The van der Waals surface area contributed by atoms with Crippen molar-refractivity contribution in [2.75, 3.05) is 20.2 Å². The predicted molar refractivity (Wildman–Crippen MR) is 65.1 cm³/mol. The number of ether oxygens (including phenoxy) is 1. The van der Waals surface area contributed by atoms with Crippen LogP contribution in [0.15, 0.2) is 0 Å². The van der Waals surface area contributed by atoms with Gasteiger partial charge in [-0.1, -0.05) is 26.2 Å². The van der Waals surface area contributed by atoms with E-state index in [2.05, 4.69) is 12.2 Å². The van der Waals surface area contributed by atoms with Crippen molar-refractivity contribution in [2.24, 2.45) is 5.92 Å². The lowest BCUT2D eigenvalue weighted by Gasteiger charge is -2.28. The highest BCUT2D eigenvalue weighted by Crippen LogP contribution is 2.28. The molecule has 0 saturated heterocycles. The lowest BCUT2D eigenvalue weighted by Crippen LogP contribution is -2.23. The third kappa shape index (κ3) is 5.53. The van der Waals surface area contributed by atoms with Crippen molar-refractivity contribution >= 4 is 0 Å². The van der Waals surface area contributed by atoms with Crippen molar-refractivity contribution in [2.45, 2.75) is 58.0 Å². The Hall–Kier alpha value is -0.0800. The van der Waals surface area contributed by atoms with E-state index in [1.165, 1.54) is 44.9 Å². The zero-order valence-electron chi connectivity index (χ0n) is 10.4. The van der Waals surface area contributed by atoms with Crippen molar-refractivity contribution in [3.05, 3.63) is 0 Å². The first-order valence-corrected chi connectivity index (χ1v) is 6.63. The van der Waals surface area contributed by atoms with E-state index in [1.54, 1.807) is 0 Å². The molecule has 2 unspecified atom stereocenters. The Labute approximate surface area is 94.8 Å². The van der Waals surface area contributed by atoms with Gasteiger partial charge in [-0.2, -0.15) is 0 Å². The zero-order chi connectivity index (χ0) is 10.9. The Morgan fingerprint density at radius 2 is 2.13 bits per heavy atom. The third-order valence-corrected chi connectivity index (χ3v) is 3.49. The van der Waals surface area contributed by atoms with Crippen LogP contribution in [0, 0.1) is 5.92 Å². The van der Waals surface area contributed by atoms with Gasteiger partial charge in [0.05, 0.1) is 6.10 Å². The number of hydrogen-bond acceptors (Lipinski definition) is 2. The average Bonchev–Trinajstić information content (AvgIpc) is 2.29. The van der Waals surface area contributed by atoms with Crippen LogP contribution in [0.25, 0.3) is 0 Å². The fourth-order valence-electron chi connectivity index (χ4n) is 2.42. The zero-order valence-corrected chi connectivity index (χ0v) is 10.4. The molecule has 0 aromatic rings. The molecular formula is C13H27NO. The summed E-state index contributed by atoms with van der Waals surface area (Å²) in [6.45, 7) is 4.38. The van der Waals surface area contributed by atoms with Crippen molar-refractivity contribution in [3.63, 3.8) is 0 Å². The highest BCUT2D eigenvalue weighted by atomic mass is 16.5. The van der Waals surface area contributed by atoms with Gasteiger partial charge in [-0.25, -0.2) is 0 Å². The van der Waals surface area contributed by atoms with Gasteiger partial charge in [0.15, 0.2) is 0 Å². The molecule has 1 aliphatic rings. The molecule has 90 valence electrons. The molecule has 0 bridgehead atoms. The normalized spacial score (nSPS) is 26.8. The molecule has 0 spiro atoms. The van der Waals surface area contributed by atoms with Gasteiger partial charge in [-0.05, 0) is 45.2 Å². The van der Waals surface area contributed by atoms with Crippen LogP contribution in [0.2, 0.25) is 0 Å². The average molecular weight is 213 g/mol. The first kappa shape index (κ1) is 13.0. The number of nitrogens with one attached hydrogen (secondary N) is 1. The first-order chi connectivity index (χ1) is 7.36. The van der Waals surface area contributed by atoms with Gasteiger partial charge in [0.2, 0.25) is 0 Å². The van der Waals surface area contributed by atoms with Crippen molar-refractivity contribution in [3.8, 4) is 0 Å². The van der Waals surface area contributed by atoms with Crippen molar-refractivity contribution in [1.29, 1.82) is 0 Å². The quantitative estimate of drug-likeness (QED) is 0.656. The van der Waals surface area contributed by atoms with E-state index in [4.69, 9.17) is 4.74 Å². The molecule has 1 rings (SSSR count). The minimum Gasteiger partial charge on any atom is -0.378 e. The van der Waals surface area contributed by atoms with Gasteiger partial charge >= 0.3 is 0 Å². The van der Waals surface area contributed by atoms with Gasteiger partial charge in [-0.15, -0.1) is 0 Å². The summed E-state index contributed by atoms with van der Waals surface area (Å²) >= 11 is 0. The summed E-state index contributed by atoms with van der Waals surface area (Å²) in [5.41, 5.74) is 0. The van der Waals surface area contributed by atoms with E-state index in [9.17, 15) is 0 Å². The lowest BCUT2D eigenvalue weighted by atomic mass is 9.85. The monoisotopic (exact) mass is 213 g/mol. The van der Waals surface area contributed by atoms with Gasteiger partial charge in [0, 0.05) is 6.61 Å². The van der Waals surface area contributed by atoms with Gasteiger partial charge in [-0.3, -0.25) is 0 Å². The summed E-state index contributed by atoms with van der Waals surface area (Å²) in [6.07, 6.45) is 9.74. The van der Waals surface area contributed by atoms with E-state index in [1.807, 2.05) is 7.05 Å². The Morgan fingerprint density at radius 3 is 2.87 bits per heavy atom. The second kappa shape index (κ2) is 8.12. The highest BCUT2D eigenvalue weighted by molar-refractivity contribution is 4.72. The van der Waals surface area contributed by atoms with Gasteiger partial charge in [0.1, 0.15) is 0 Å². The van der Waals surface area contributed by atoms with Crippen LogP contribution in [0.3, 0.4) is 0 Å². The molecule has 1 fully saturated rings. The molecule has 2 heteroatoms. The fourth-order valence-corrected chi connectivity index (χ4v) is 2.42.